The molecule has 4 bridgehead atoms. The van der Waals surface area contributed by atoms with Crippen LogP contribution < -0.4 is 0 Å². The summed E-state index contributed by atoms with van der Waals surface area (Å²) in [6.45, 7) is 0. The Balaban J connectivity index is 1.68. The van der Waals surface area contributed by atoms with Crippen LogP contribution in [0.2, 0.25) is 0 Å². The third kappa shape index (κ3) is 0.922. The van der Waals surface area contributed by atoms with E-state index >= 15 is 0 Å². The van der Waals surface area contributed by atoms with Gasteiger partial charge in [-0.25, -0.2) is 0 Å². The summed E-state index contributed by atoms with van der Waals surface area (Å²) in [5, 5.41) is 19.2. The highest BCUT2D eigenvalue weighted by Crippen LogP contribution is 2.68. The van der Waals surface area contributed by atoms with Gasteiger partial charge in [0.2, 0.25) is 0 Å². The molecule has 3 nitrogen and oxygen atoms in total. The van der Waals surface area contributed by atoms with Crippen LogP contribution in [-0.4, -0.2) is 22.3 Å². The standard InChI is InChI=1S/C13H18O3/c14-10-4-6-3-9(10)12-7-1-5(11(6)12)2-8(7)13(15)16/h5-12,14H,1-4H2,(H,15,16)/t5-,6+,7+,8?,9?,10?,11?,12?/m1/s1. The highest BCUT2D eigenvalue weighted by molar-refractivity contribution is 5.71. The van der Waals surface area contributed by atoms with Crippen LogP contribution in [0.1, 0.15) is 25.7 Å². The molecule has 0 aliphatic heterocycles. The minimum absolute atomic E-state index is 0.0993. The molecule has 2 N–H and O–H groups in total. The van der Waals surface area contributed by atoms with Crippen molar-refractivity contribution >= 4 is 5.97 Å². The third-order valence-corrected chi connectivity index (χ3v) is 6.10. The Kier molecular flexibility index (Phi) is 1.66. The van der Waals surface area contributed by atoms with E-state index in [2.05, 4.69) is 0 Å². The van der Waals surface area contributed by atoms with Crippen molar-refractivity contribution in [3.05, 3.63) is 0 Å². The largest absolute Gasteiger partial charge is 0.481 e. The van der Waals surface area contributed by atoms with Gasteiger partial charge in [0.1, 0.15) is 0 Å². The lowest BCUT2D eigenvalue weighted by Crippen LogP contribution is -2.39. The Hall–Kier alpha value is -0.570. The van der Waals surface area contributed by atoms with E-state index in [0.717, 1.165) is 31.1 Å². The van der Waals surface area contributed by atoms with Crippen LogP contribution >= 0.6 is 0 Å². The van der Waals surface area contributed by atoms with Gasteiger partial charge in [-0.3, -0.25) is 4.79 Å². The molecular weight excluding hydrogens is 204 g/mol. The van der Waals surface area contributed by atoms with E-state index in [9.17, 15) is 15.0 Å². The number of hydrogen-bond acceptors (Lipinski definition) is 2. The van der Waals surface area contributed by atoms with E-state index in [1.165, 1.54) is 6.42 Å². The number of rotatable bonds is 1. The molecule has 4 fully saturated rings. The summed E-state index contributed by atoms with van der Waals surface area (Å²) >= 11 is 0. The molecule has 0 heterocycles. The fourth-order valence-electron chi connectivity index (χ4n) is 5.85. The first kappa shape index (κ1) is 9.46. The second kappa shape index (κ2) is 2.81. The molecule has 3 heteroatoms. The van der Waals surface area contributed by atoms with Gasteiger partial charge in [0, 0.05) is 0 Å². The Morgan fingerprint density at radius 2 is 1.62 bits per heavy atom. The zero-order valence-corrected chi connectivity index (χ0v) is 9.25. The highest BCUT2D eigenvalue weighted by Gasteiger charge is 2.65. The monoisotopic (exact) mass is 222 g/mol. The number of hydrogen-bond donors (Lipinski definition) is 2. The lowest BCUT2D eigenvalue weighted by atomic mass is 9.67. The summed E-state index contributed by atoms with van der Waals surface area (Å²) in [4.78, 5) is 11.2. The lowest BCUT2D eigenvalue weighted by molar-refractivity contribution is -0.145. The molecular formula is C13H18O3. The molecule has 88 valence electrons. The molecule has 4 saturated carbocycles. The van der Waals surface area contributed by atoms with Crippen molar-refractivity contribution in [3.8, 4) is 0 Å². The second-order valence-electron chi connectivity index (χ2n) is 6.46. The average Bonchev–Trinajstić information content (AvgIpc) is 2.91. The van der Waals surface area contributed by atoms with Crippen LogP contribution in [-0.2, 0) is 4.79 Å². The number of carboxylic acid groups (broad SMARTS) is 1. The molecule has 0 amide bonds. The van der Waals surface area contributed by atoms with E-state index in [0.29, 0.717) is 23.7 Å². The van der Waals surface area contributed by atoms with Crippen molar-refractivity contribution in [3.63, 3.8) is 0 Å². The Morgan fingerprint density at radius 3 is 2.38 bits per heavy atom. The molecule has 0 aromatic heterocycles. The molecule has 0 aromatic rings. The second-order valence-corrected chi connectivity index (χ2v) is 6.46. The number of fused-ring (bicyclic) bond motifs is 9. The maximum absolute atomic E-state index is 11.2. The van der Waals surface area contributed by atoms with Crippen molar-refractivity contribution in [1.82, 2.24) is 0 Å². The zero-order chi connectivity index (χ0) is 11.0. The first-order valence-corrected chi connectivity index (χ1v) is 6.57. The molecule has 4 aliphatic carbocycles. The quantitative estimate of drug-likeness (QED) is 0.659. The maximum atomic E-state index is 11.2. The normalized spacial score (nSPS) is 61.6. The van der Waals surface area contributed by atoms with Gasteiger partial charge in [-0.15, -0.1) is 0 Å². The van der Waals surface area contributed by atoms with Gasteiger partial charge in [-0.2, -0.15) is 0 Å². The van der Waals surface area contributed by atoms with E-state index in [1.54, 1.807) is 0 Å². The number of aliphatic carboxylic acids is 1. The fourth-order valence-corrected chi connectivity index (χ4v) is 5.85. The predicted octanol–water partition coefficient (Wildman–Crippen LogP) is 1.36. The molecule has 4 aliphatic rings. The summed E-state index contributed by atoms with van der Waals surface area (Å²) in [7, 11) is 0. The minimum Gasteiger partial charge on any atom is -0.481 e. The summed E-state index contributed by atoms with van der Waals surface area (Å²) in [6, 6.07) is 0. The van der Waals surface area contributed by atoms with Gasteiger partial charge < -0.3 is 10.2 Å². The number of aliphatic hydroxyl groups is 1. The van der Waals surface area contributed by atoms with Gasteiger partial charge in [0.05, 0.1) is 12.0 Å². The first-order valence-electron chi connectivity index (χ1n) is 6.57. The van der Waals surface area contributed by atoms with Crippen molar-refractivity contribution < 1.29 is 15.0 Å². The van der Waals surface area contributed by atoms with Crippen molar-refractivity contribution in [2.45, 2.75) is 31.8 Å². The van der Waals surface area contributed by atoms with E-state index < -0.39 is 5.97 Å². The Morgan fingerprint density at radius 1 is 0.938 bits per heavy atom. The van der Waals surface area contributed by atoms with Crippen LogP contribution in [0.5, 0.6) is 0 Å². The smallest absolute Gasteiger partial charge is 0.306 e. The van der Waals surface area contributed by atoms with E-state index in [4.69, 9.17) is 0 Å². The van der Waals surface area contributed by atoms with Crippen molar-refractivity contribution in [2.24, 2.45) is 41.4 Å². The van der Waals surface area contributed by atoms with Gasteiger partial charge >= 0.3 is 5.97 Å². The van der Waals surface area contributed by atoms with E-state index in [-0.39, 0.29) is 12.0 Å². The molecule has 16 heavy (non-hydrogen) atoms. The lowest BCUT2D eigenvalue weighted by Gasteiger charge is -2.39. The molecule has 8 atom stereocenters. The van der Waals surface area contributed by atoms with E-state index in [1.807, 2.05) is 0 Å². The van der Waals surface area contributed by atoms with Crippen LogP contribution in [0.3, 0.4) is 0 Å². The molecule has 0 radical (unpaired) electrons. The highest BCUT2D eigenvalue weighted by atomic mass is 16.4. The first-order chi connectivity index (χ1) is 7.66. The molecule has 0 spiro atoms. The van der Waals surface area contributed by atoms with Gasteiger partial charge in [-0.05, 0) is 61.2 Å². The molecule has 5 unspecified atom stereocenters. The van der Waals surface area contributed by atoms with Gasteiger partial charge in [-0.1, -0.05) is 0 Å². The van der Waals surface area contributed by atoms with Crippen molar-refractivity contribution in [2.75, 3.05) is 0 Å². The molecule has 4 rings (SSSR count). The molecule has 0 saturated heterocycles. The van der Waals surface area contributed by atoms with Crippen LogP contribution in [0.15, 0.2) is 0 Å². The predicted molar refractivity (Wildman–Crippen MR) is 56.5 cm³/mol. The third-order valence-electron chi connectivity index (χ3n) is 6.10. The summed E-state index contributed by atoms with van der Waals surface area (Å²) < 4.78 is 0. The number of carbonyl (C=O) groups is 1. The zero-order valence-electron chi connectivity index (χ0n) is 9.25. The van der Waals surface area contributed by atoms with Crippen LogP contribution in [0.25, 0.3) is 0 Å². The van der Waals surface area contributed by atoms with Crippen molar-refractivity contribution in [1.29, 1.82) is 0 Å². The van der Waals surface area contributed by atoms with Gasteiger partial charge in [0.15, 0.2) is 0 Å². The molecule has 0 aromatic carbocycles. The van der Waals surface area contributed by atoms with Gasteiger partial charge in [0.25, 0.3) is 0 Å². The minimum atomic E-state index is -0.594. The Labute approximate surface area is 94.8 Å². The Bertz CT molecular complexity index is 353. The topological polar surface area (TPSA) is 57.5 Å². The maximum Gasteiger partial charge on any atom is 0.306 e. The summed E-state index contributed by atoms with van der Waals surface area (Å²) in [6.07, 6.45) is 4.09. The number of carboxylic acids is 1. The van der Waals surface area contributed by atoms with Crippen LogP contribution in [0, 0.1) is 41.4 Å². The average molecular weight is 222 g/mol. The SMILES string of the molecule is O=C(O)C1C[C@H]2C[C@@H]1C1C3C[C@@H](CC3O)C12. The fraction of sp³-hybridized carbons (Fsp3) is 0.923. The van der Waals surface area contributed by atoms with Crippen LogP contribution in [0.4, 0.5) is 0 Å². The summed E-state index contributed by atoms with van der Waals surface area (Å²) in [5.74, 6) is 2.83. The number of aliphatic hydroxyl groups excluding tert-OH is 1. The summed E-state index contributed by atoms with van der Waals surface area (Å²) in [5.41, 5.74) is 0.